The number of para-hydroxylation sites is 1. The summed E-state index contributed by atoms with van der Waals surface area (Å²) in [6.07, 6.45) is 9.87. The number of allylic oxidation sites excluding steroid dienone is 2. The molecule has 0 bridgehead atoms. The van der Waals surface area contributed by atoms with Gasteiger partial charge in [0.2, 0.25) is 0 Å². The van der Waals surface area contributed by atoms with Gasteiger partial charge in [-0.1, -0.05) is 51.8 Å². The summed E-state index contributed by atoms with van der Waals surface area (Å²) < 4.78 is 10.1. The van der Waals surface area contributed by atoms with E-state index in [0.29, 0.717) is 24.6 Å². The number of benzene rings is 1. The van der Waals surface area contributed by atoms with Crippen LogP contribution in [-0.2, 0) is 14.3 Å². The molecule has 212 valence electrons. The lowest BCUT2D eigenvalue weighted by Gasteiger charge is -2.22. The van der Waals surface area contributed by atoms with Crippen LogP contribution < -0.4 is 11.1 Å². The Morgan fingerprint density at radius 2 is 1.84 bits per heavy atom. The molecule has 0 spiro atoms. The predicted molar refractivity (Wildman–Crippen MR) is 150 cm³/mol. The highest BCUT2D eigenvalue weighted by atomic mass is 16.6. The molecule has 0 aliphatic heterocycles. The van der Waals surface area contributed by atoms with Gasteiger partial charge in [-0.2, -0.15) is 0 Å². The van der Waals surface area contributed by atoms with E-state index in [9.17, 15) is 19.8 Å². The van der Waals surface area contributed by atoms with Gasteiger partial charge in [-0.3, -0.25) is 4.79 Å². The van der Waals surface area contributed by atoms with Crippen molar-refractivity contribution in [3.05, 3.63) is 53.9 Å². The van der Waals surface area contributed by atoms with E-state index in [1.54, 1.807) is 24.4 Å². The summed E-state index contributed by atoms with van der Waals surface area (Å²) in [5.41, 5.74) is 6.88. The number of phenolic OH excluding ortho intramolecular Hbond substituents is 1. The van der Waals surface area contributed by atoms with Crippen molar-refractivity contribution in [2.45, 2.75) is 84.8 Å². The lowest BCUT2D eigenvalue weighted by molar-refractivity contribution is -0.144. The molecule has 9 nitrogen and oxygen atoms in total. The monoisotopic (exact) mass is 531 g/mol. The maximum absolute atomic E-state index is 12.0. The molecule has 3 atom stereocenters. The molecule has 0 saturated carbocycles. The van der Waals surface area contributed by atoms with Crippen LogP contribution in [0.1, 0.15) is 83.0 Å². The van der Waals surface area contributed by atoms with Crippen molar-refractivity contribution in [1.82, 2.24) is 5.32 Å². The van der Waals surface area contributed by atoms with E-state index >= 15 is 0 Å². The topological polar surface area (TPSA) is 143 Å². The average Bonchev–Trinajstić information content (AvgIpc) is 2.86. The zero-order valence-corrected chi connectivity index (χ0v) is 23.2. The fourth-order valence-electron chi connectivity index (χ4n) is 3.77. The predicted octanol–water partition coefficient (Wildman–Crippen LogP) is 4.59. The highest BCUT2D eigenvalue weighted by molar-refractivity contribution is 5.92. The smallest absolute Gasteiger partial charge is 0.342 e. The SMILES string of the molecule is CC\C=C(CCCC(=O)OCCOC(=O)c1ccccc1O)/N=C(N)\C=C/NC(C)C(O)CC(C)CCC. The Balaban J connectivity index is 2.37. The zero-order valence-electron chi connectivity index (χ0n) is 23.2. The van der Waals surface area contributed by atoms with E-state index < -0.39 is 18.0 Å². The number of aromatic hydroxyl groups is 1. The number of aliphatic hydroxyl groups is 1. The van der Waals surface area contributed by atoms with Gasteiger partial charge in [0.25, 0.3) is 0 Å². The van der Waals surface area contributed by atoms with Crippen molar-refractivity contribution in [1.29, 1.82) is 0 Å². The van der Waals surface area contributed by atoms with Crippen molar-refractivity contribution in [2.24, 2.45) is 16.6 Å². The summed E-state index contributed by atoms with van der Waals surface area (Å²) in [5.74, 6) is -0.448. The first-order valence-corrected chi connectivity index (χ1v) is 13.4. The molecule has 0 saturated heterocycles. The van der Waals surface area contributed by atoms with Gasteiger partial charge in [0.15, 0.2) is 0 Å². The molecular weight excluding hydrogens is 486 g/mol. The number of ether oxygens (including phenoxy) is 2. The van der Waals surface area contributed by atoms with Crippen LogP contribution in [0.4, 0.5) is 0 Å². The van der Waals surface area contributed by atoms with Crippen LogP contribution in [0.2, 0.25) is 0 Å². The number of nitrogens with zero attached hydrogens (tertiary/aromatic N) is 1. The first-order valence-electron chi connectivity index (χ1n) is 13.4. The van der Waals surface area contributed by atoms with E-state index in [-0.39, 0.29) is 37.0 Å². The normalized spacial score (nSPS) is 14.7. The maximum atomic E-state index is 12.0. The molecule has 38 heavy (non-hydrogen) atoms. The van der Waals surface area contributed by atoms with Gasteiger partial charge in [-0.05, 0) is 56.7 Å². The highest BCUT2D eigenvalue weighted by Crippen LogP contribution is 2.17. The summed E-state index contributed by atoms with van der Waals surface area (Å²) >= 11 is 0. The van der Waals surface area contributed by atoms with Crippen LogP contribution in [0, 0.1) is 5.92 Å². The van der Waals surface area contributed by atoms with Crippen molar-refractivity contribution < 1.29 is 29.3 Å². The molecule has 0 radical (unpaired) electrons. The maximum Gasteiger partial charge on any atom is 0.342 e. The molecule has 0 aliphatic rings. The largest absolute Gasteiger partial charge is 0.507 e. The van der Waals surface area contributed by atoms with E-state index in [2.05, 4.69) is 24.2 Å². The minimum atomic E-state index is -0.680. The molecule has 9 heteroatoms. The van der Waals surface area contributed by atoms with E-state index in [0.717, 1.165) is 31.4 Å². The Bertz CT molecular complexity index is 944. The molecule has 1 aromatic carbocycles. The number of nitrogens with two attached hydrogens (primary N) is 1. The van der Waals surface area contributed by atoms with Gasteiger partial charge in [0.05, 0.1) is 6.10 Å². The Kier molecular flexibility index (Phi) is 16.2. The molecule has 0 aliphatic carbocycles. The van der Waals surface area contributed by atoms with Crippen molar-refractivity contribution in [3.63, 3.8) is 0 Å². The number of amidine groups is 1. The molecule has 0 heterocycles. The highest BCUT2D eigenvalue weighted by Gasteiger charge is 2.16. The van der Waals surface area contributed by atoms with Crippen molar-refractivity contribution in [2.75, 3.05) is 13.2 Å². The van der Waals surface area contributed by atoms with Gasteiger partial charge < -0.3 is 30.7 Å². The minimum Gasteiger partial charge on any atom is -0.507 e. The molecule has 0 amide bonds. The Morgan fingerprint density at radius 1 is 1.13 bits per heavy atom. The Morgan fingerprint density at radius 3 is 2.53 bits per heavy atom. The molecule has 1 aromatic rings. The van der Waals surface area contributed by atoms with Crippen LogP contribution >= 0.6 is 0 Å². The van der Waals surface area contributed by atoms with Crippen LogP contribution in [0.25, 0.3) is 0 Å². The van der Waals surface area contributed by atoms with E-state index in [4.69, 9.17) is 15.2 Å². The lowest BCUT2D eigenvalue weighted by Crippen LogP contribution is -2.35. The quantitative estimate of drug-likeness (QED) is 0.0932. The second kappa shape index (κ2) is 18.8. The number of carbonyl (C=O) groups excluding carboxylic acids is 2. The van der Waals surface area contributed by atoms with E-state index in [1.807, 2.05) is 19.9 Å². The summed E-state index contributed by atoms with van der Waals surface area (Å²) in [6, 6.07) is 5.96. The summed E-state index contributed by atoms with van der Waals surface area (Å²) in [7, 11) is 0. The van der Waals surface area contributed by atoms with Gasteiger partial charge in [-0.25, -0.2) is 9.79 Å². The molecule has 5 N–H and O–H groups in total. The van der Waals surface area contributed by atoms with Gasteiger partial charge >= 0.3 is 11.9 Å². The van der Waals surface area contributed by atoms with Crippen LogP contribution in [0.3, 0.4) is 0 Å². The van der Waals surface area contributed by atoms with Gasteiger partial charge in [0.1, 0.15) is 30.4 Å². The molecule has 0 aromatic heterocycles. The molecule has 1 rings (SSSR count). The third kappa shape index (κ3) is 13.8. The second-order valence-corrected chi connectivity index (χ2v) is 9.35. The van der Waals surface area contributed by atoms with Crippen LogP contribution in [0.5, 0.6) is 5.75 Å². The standard InChI is InChI=1S/C29H45N3O6/c1-5-10-21(3)20-26(34)22(4)31-17-16-27(30)32-23(11-6-2)12-9-15-28(35)37-18-19-38-29(36)24-13-7-8-14-25(24)33/h7-8,11,13-14,16-17,21-22,26,31,33-34H,5-6,9-10,12,15,18-20H2,1-4H3,(H2,30,32)/b17-16-,23-11-. The number of aliphatic hydroxyl groups excluding tert-OH is 1. The summed E-state index contributed by atoms with van der Waals surface area (Å²) in [6.45, 7) is 8.05. The van der Waals surface area contributed by atoms with Crippen LogP contribution in [0.15, 0.2) is 53.3 Å². The first-order chi connectivity index (χ1) is 18.2. The fourth-order valence-corrected chi connectivity index (χ4v) is 3.77. The number of rotatable bonds is 18. The third-order valence-corrected chi connectivity index (χ3v) is 5.85. The van der Waals surface area contributed by atoms with Gasteiger partial charge in [-0.15, -0.1) is 0 Å². The number of aliphatic imine (C=N–C) groups is 1. The lowest BCUT2D eigenvalue weighted by atomic mass is 9.96. The van der Waals surface area contributed by atoms with Gasteiger partial charge in [0, 0.05) is 24.4 Å². The average molecular weight is 532 g/mol. The fraction of sp³-hybridized carbons (Fsp3) is 0.552. The first kappa shape index (κ1) is 32.7. The number of carbonyl (C=O) groups is 2. The van der Waals surface area contributed by atoms with Crippen LogP contribution in [-0.4, -0.2) is 53.3 Å². The molecule has 3 unspecified atom stereocenters. The number of hydrogen-bond acceptors (Lipinski definition) is 8. The minimum absolute atomic E-state index is 0.0590. The Hall–Kier alpha value is -3.33. The molecule has 0 fully saturated rings. The Labute approximate surface area is 226 Å². The van der Waals surface area contributed by atoms with E-state index in [1.165, 1.54) is 12.1 Å². The number of nitrogens with one attached hydrogen (secondary N) is 1. The second-order valence-electron chi connectivity index (χ2n) is 9.35. The van der Waals surface area contributed by atoms with Crippen molar-refractivity contribution in [3.8, 4) is 5.75 Å². The number of phenols is 1. The van der Waals surface area contributed by atoms with Crippen molar-refractivity contribution >= 4 is 17.8 Å². The third-order valence-electron chi connectivity index (χ3n) is 5.85. The zero-order chi connectivity index (χ0) is 28.3. The number of esters is 2. The summed E-state index contributed by atoms with van der Waals surface area (Å²) in [5, 5.41) is 23.2. The number of hydrogen-bond donors (Lipinski definition) is 4. The summed E-state index contributed by atoms with van der Waals surface area (Å²) in [4.78, 5) is 28.4. The molecular formula is C29H45N3O6.